The minimum atomic E-state index is 0.691. The Morgan fingerprint density at radius 3 is 2.09 bits per heavy atom. The number of para-hydroxylation sites is 1. The van der Waals surface area contributed by atoms with Gasteiger partial charge in [0.1, 0.15) is 0 Å². The molecule has 0 amide bonds. The standard InChI is InChI=1S/C38H21N3S2/c1-2-11-23(12-3-1)34-27-19-18-22-10-4-5-13-24(22)35(27)40-38(39-34)41-30-16-8-6-14-25(30)28-21-33-29(20-31(28)41)37-36(43-33)26-15-7-9-17-32(26)42-37/h1-21H. The highest BCUT2D eigenvalue weighted by Crippen LogP contribution is 2.46. The number of hydrogen-bond donors (Lipinski definition) is 0. The van der Waals surface area contributed by atoms with Gasteiger partial charge in [0.25, 0.3) is 0 Å². The van der Waals surface area contributed by atoms with Crippen molar-refractivity contribution in [3.63, 3.8) is 0 Å². The molecule has 6 aromatic carbocycles. The fraction of sp³-hybridized carbons (Fsp3) is 0. The second kappa shape index (κ2) is 8.71. The average Bonchev–Trinajstić information content (AvgIpc) is 3.71. The molecule has 200 valence electrons. The number of fused-ring (bicyclic) bond motifs is 11. The molecule has 0 aliphatic rings. The number of hydrogen-bond acceptors (Lipinski definition) is 4. The number of rotatable bonds is 2. The molecule has 4 aromatic heterocycles. The molecule has 4 heterocycles. The molecule has 0 spiro atoms. The van der Waals surface area contributed by atoms with Crippen molar-refractivity contribution < 1.29 is 0 Å². The van der Waals surface area contributed by atoms with Gasteiger partial charge in [-0.15, -0.1) is 22.7 Å². The van der Waals surface area contributed by atoms with Crippen LogP contribution in [0.25, 0.3) is 90.3 Å². The topological polar surface area (TPSA) is 30.7 Å². The van der Waals surface area contributed by atoms with Crippen LogP contribution < -0.4 is 0 Å². The summed E-state index contributed by atoms with van der Waals surface area (Å²) >= 11 is 3.79. The van der Waals surface area contributed by atoms with Gasteiger partial charge in [0.2, 0.25) is 5.95 Å². The van der Waals surface area contributed by atoms with Crippen LogP contribution in [-0.4, -0.2) is 14.5 Å². The molecule has 0 bridgehead atoms. The van der Waals surface area contributed by atoms with Gasteiger partial charge < -0.3 is 0 Å². The number of benzene rings is 6. The Bertz CT molecular complexity index is 2730. The monoisotopic (exact) mass is 583 g/mol. The van der Waals surface area contributed by atoms with Crippen LogP contribution in [0.1, 0.15) is 0 Å². The first-order valence-corrected chi connectivity index (χ1v) is 16.0. The summed E-state index contributed by atoms with van der Waals surface area (Å²) in [6.45, 7) is 0. The van der Waals surface area contributed by atoms with E-state index in [9.17, 15) is 0 Å². The third kappa shape index (κ3) is 3.29. The van der Waals surface area contributed by atoms with Gasteiger partial charge in [-0.3, -0.25) is 4.57 Å². The molecule has 0 aliphatic carbocycles. The molecule has 3 nitrogen and oxygen atoms in total. The van der Waals surface area contributed by atoms with Gasteiger partial charge in [0.15, 0.2) is 0 Å². The Morgan fingerprint density at radius 2 is 1.19 bits per heavy atom. The van der Waals surface area contributed by atoms with Crippen molar-refractivity contribution in [1.29, 1.82) is 0 Å². The van der Waals surface area contributed by atoms with Crippen molar-refractivity contribution in [3.05, 3.63) is 127 Å². The molecular weight excluding hydrogens is 563 g/mol. The zero-order valence-corrected chi connectivity index (χ0v) is 24.4. The minimum absolute atomic E-state index is 0.691. The smallest absolute Gasteiger partial charge is 0.235 e. The highest BCUT2D eigenvalue weighted by atomic mass is 32.1. The fourth-order valence-electron chi connectivity index (χ4n) is 6.65. The molecule has 0 atom stereocenters. The molecule has 43 heavy (non-hydrogen) atoms. The predicted molar refractivity (Wildman–Crippen MR) is 185 cm³/mol. The lowest BCUT2D eigenvalue weighted by Crippen LogP contribution is -2.03. The van der Waals surface area contributed by atoms with Gasteiger partial charge in [0.05, 0.1) is 31.6 Å². The molecule has 0 saturated carbocycles. The van der Waals surface area contributed by atoms with Crippen LogP contribution in [-0.2, 0) is 0 Å². The second-order valence-electron chi connectivity index (χ2n) is 11.0. The summed E-state index contributed by atoms with van der Waals surface area (Å²) in [4.78, 5) is 10.7. The Hall–Kier alpha value is -5.10. The molecule has 0 N–H and O–H groups in total. The van der Waals surface area contributed by atoms with Gasteiger partial charge in [-0.25, -0.2) is 9.97 Å². The number of thiophene rings is 2. The first-order chi connectivity index (χ1) is 21.3. The first kappa shape index (κ1) is 23.5. The molecule has 0 saturated heterocycles. The molecule has 0 fully saturated rings. The highest BCUT2D eigenvalue weighted by molar-refractivity contribution is 7.36. The first-order valence-electron chi connectivity index (χ1n) is 14.3. The van der Waals surface area contributed by atoms with Crippen molar-refractivity contribution >= 4 is 95.7 Å². The maximum atomic E-state index is 5.35. The maximum Gasteiger partial charge on any atom is 0.235 e. The van der Waals surface area contributed by atoms with E-state index < -0.39 is 0 Å². The van der Waals surface area contributed by atoms with E-state index in [0.717, 1.165) is 38.6 Å². The van der Waals surface area contributed by atoms with Crippen molar-refractivity contribution in [2.45, 2.75) is 0 Å². The predicted octanol–water partition coefficient (Wildman–Crippen LogP) is 11.1. The van der Waals surface area contributed by atoms with Crippen LogP contribution in [0.4, 0.5) is 0 Å². The highest BCUT2D eigenvalue weighted by Gasteiger charge is 2.20. The molecule has 0 unspecified atom stereocenters. The van der Waals surface area contributed by atoms with Crippen molar-refractivity contribution in [2.24, 2.45) is 0 Å². The lowest BCUT2D eigenvalue weighted by molar-refractivity contribution is 1.02. The third-order valence-corrected chi connectivity index (χ3v) is 11.1. The normalized spacial score (nSPS) is 12.2. The van der Waals surface area contributed by atoms with Crippen LogP contribution in [0.2, 0.25) is 0 Å². The summed E-state index contributed by atoms with van der Waals surface area (Å²) < 4.78 is 7.66. The van der Waals surface area contributed by atoms with E-state index in [0.29, 0.717) is 5.95 Å². The van der Waals surface area contributed by atoms with E-state index in [1.165, 1.54) is 45.7 Å². The molecule has 10 rings (SSSR count). The fourth-order valence-corrected chi connectivity index (χ4v) is 9.32. The second-order valence-corrected chi connectivity index (χ2v) is 13.1. The molecule has 0 aliphatic heterocycles. The molecule has 5 heteroatoms. The molecule has 0 radical (unpaired) electrons. The Balaban J connectivity index is 1.37. The van der Waals surface area contributed by atoms with Crippen LogP contribution in [0.5, 0.6) is 0 Å². The van der Waals surface area contributed by atoms with Gasteiger partial charge in [-0.05, 0) is 35.7 Å². The van der Waals surface area contributed by atoms with E-state index in [4.69, 9.17) is 9.97 Å². The minimum Gasteiger partial charge on any atom is -0.278 e. The van der Waals surface area contributed by atoms with Gasteiger partial charge in [-0.2, -0.15) is 0 Å². The zero-order chi connectivity index (χ0) is 28.1. The van der Waals surface area contributed by atoms with Crippen molar-refractivity contribution in [1.82, 2.24) is 14.5 Å². The van der Waals surface area contributed by atoms with Crippen molar-refractivity contribution in [2.75, 3.05) is 0 Å². The van der Waals surface area contributed by atoms with E-state index in [1.54, 1.807) is 0 Å². The van der Waals surface area contributed by atoms with Crippen LogP contribution in [0, 0.1) is 0 Å². The van der Waals surface area contributed by atoms with E-state index in [-0.39, 0.29) is 0 Å². The third-order valence-electron chi connectivity index (χ3n) is 8.61. The number of nitrogens with zero attached hydrogens (tertiary/aromatic N) is 3. The van der Waals surface area contributed by atoms with E-state index in [1.807, 2.05) is 22.7 Å². The quantitative estimate of drug-likeness (QED) is 0.190. The maximum absolute atomic E-state index is 5.35. The molecule has 10 aromatic rings. The summed E-state index contributed by atoms with van der Waals surface area (Å²) in [7, 11) is 0. The van der Waals surface area contributed by atoms with E-state index in [2.05, 4.69) is 132 Å². The van der Waals surface area contributed by atoms with Crippen molar-refractivity contribution in [3.8, 4) is 17.2 Å². The Labute approximate surface area is 253 Å². The average molecular weight is 584 g/mol. The summed E-state index contributed by atoms with van der Waals surface area (Å²) in [6.07, 6.45) is 0. The number of aromatic nitrogens is 3. The summed E-state index contributed by atoms with van der Waals surface area (Å²) in [5, 5.41) is 8.45. The lowest BCUT2D eigenvalue weighted by atomic mass is 10.0. The lowest BCUT2D eigenvalue weighted by Gasteiger charge is -2.13. The van der Waals surface area contributed by atoms with Gasteiger partial charge >= 0.3 is 0 Å². The van der Waals surface area contributed by atoms with E-state index >= 15 is 0 Å². The van der Waals surface area contributed by atoms with Crippen LogP contribution >= 0.6 is 22.7 Å². The zero-order valence-electron chi connectivity index (χ0n) is 22.8. The van der Waals surface area contributed by atoms with Crippen LogP contribution in [0.15, 0.2) is 127 Å². The van der Waals surface area contributed by atoms with Crippen LogP contribution in [0.3, 0.4) is 0 Å². The summed E-state index contributed by atoms with van der Waals surface area (Å²) in [5.41, 5.74) is 5.24. The van der Waals surface area contributed by atoms with Gasteiger partial charge in [-0.1, -0.05) is 97.1 Å². The molecular formula is C38H21N3S2. The largest absolute Gasteiger partial charge is 0.278 e. The Kier molecular flexibility index (Phi) is 4.75. The van der Waals surface area contributed by atoms with Gasteiger partial charge in [0, 0.05) is 47.3 Å². The summed E-state index contributed by atoms with van der Waals surface area (Å²) in [6, 6.07) is 45.5. The summed E-state index contributed by atoms with van der Waals surface area (Å²) in [5.74, 6) is 0.691. The Morgan fingerprint density at radius 1 is 0.465 bits per heavy atom. The SMILES string of the molecule is c1ccc(-c2nc(-n3c4ccccc4c4cc5sc6c7ccccc7sc6c5cc43)nc3c2ccc2ccccc23)cc1.